The maximum Gasteiger partial charge on any atom is 0.416 e. The van der Waals surface area contributed by atoms with Crippen LogP contribution in [0.15, 0.2) is 24.3 Å². The van der Waals surface area contributed by atoms with Crippen LogP contribution in [0.25, 0.3) is 0 Å². The molecule has 21 heavy (non-hydrogen) atoms. The van der Waals surface area contributed by atoms with Gasteiger partial charge in [-0.15, -0.1) is 0 Å². The van der Waals surface area contributed by atoms with Crippen LogP contribution in [0.2, 0.25) is 0 Å². The molecule has 1 atom stereocenters. The smallest absolute Gasteiger partial charge is 0.387 e. The third-order valence-electron chi connectivity index (χ3n) is 3.05. The zero-order chi connectivity index (χ0) is 16.1. The van der Waals surface area contributed by atoms with Gasteiger partial charge in [-0.25, -0.2) is 0 Å². The van der Waals surface area contributed by atoms with Crippen molar-refractivity contribution < 1.29 is 23.0 Å². The molecule has 1 aromatic carbocycles. The summed E-state index contributed by atoms with van der Waals surface area (Å²) < 4.78 is 42.8. The van der Waals surface area contributed by atoms with Crippen LogP contribution in [0.1, 0.15) is 38.0 Å². The molecule has 0 spiro atoms. The monoisotopic (exact) mass is 305 g/mol. The number of alkyl halides is 3. The molecule has 0 radical (unpaired) electrons. The molecule has 2 N–H and O–H groups in total. The third-order valence-corrected chi connectivity index (χ3v) is 3.05. The second-order valence-corrected chi connectivity index (χ2v) is 5.46. The van der Waals surface area contributed by atoms with E-state index in [0.717, 1.165) is 12.1 Å². The summed E-state index contributed by atoms with van der Waals surface area (Å²) in [6, 6.07) is 4.54. The van der Waals surface area contributed by atoms with Crippen LogP contribution in [-0.2, 0) is 10.9 Å². The van der Waals surface area contributed by atoms with E-state index in [-0.39, 0.29) is 12.1 Å². The third kappa shape index (κ3) is 6.03. The topological polar surface area (TPSA) is 41.5 Å². The van der Waals surface area contributed by atoms with Crippen molar-refractivity contribution in [3.05, 3.63) is 35.4 Å². The van der Waals surface area contributed by atoms with Crippen LogP contribution in [0.5, 0.6) is 0 Å². The van der Waals surface area contributed by atoms with Gasteiger partial charge < -0.3 is 15.2 Å². The number of halogens is 3. The predicted octanol–water partition coefficient (Wildman–Crippen LogP) is 3.14. The van der Waals surface area contributed by atoms with Crippen molar-refractivity contribution in [2.75, 3.05) is 19.7 Å². The van der Waals surface area contributed by atoms with Gasteiger partial charge in [0.25, 0.3) is 0 Å². The summed E-state index contributed by atoms with van der Waals surface area (Å²) in [6.45, 7) is 7.14. The number of aliphatic hydroxyl groups excluding tert-OH is 1. The zero-order valence-corrected chi connectivity index (χ0v) is 12.5. The van der Waals surface area contributed by atoms with Crippen LogP contribution < -0.4 is 5.32 Å². The maximum absolute atomic E-state index is 12.4. The minimum atomic E-state index is -4.36. The molecule has 0 aromatic heterocycles. The van der Waals surface area contributed by atoms with Crippen molar-refractivity contribution in [2.24, 2.45) is 0 Å². The predicted molar refractivity (Wildman–Crippen MR) is 75.0 cm³/mol. The number of nitrogens with one attached hydrogen (secondary N) is 1. The summed E-state index contributed by atoms with van der Waals surface area (Å²) in [4.78, 5) is 0. The van der Waals surface area contributed by atoms with Crippen LogP contribution in [0.4, 0.5) is 13.2 Å². The number of hydrogen-bond donors (Lipinski definition) is 2. The highest BCUT2D eigenvalue weighted by Crippen LogP contribution is 2.29. The summed E-state index contributed by atoms with van der Waals surface area (Å²) in [7, 11) is 0. The first kappa shape index (κ1) is 17.9. The molecular weight excluding hydrogens is 283 g/mol. The summed E-state index contributed by atoms with van der Waals surface area (Å²) in [5.41, 5.74) is -0.622. The largest absolute Gasteiger partial charge is 0.416 e. The van der Waals surface area contributed by atoms with Crippen molar-refractivity contribution in [2.45, 2.75) is 38.7 Å². The normalized spacial score (nSPS) is 14.2. The van der Waals surface area contributed by atoms with Gasteiger partial charge in [0.15, 0.2) is 0 Å². The zero-order valence-electron chi connectivity index (χ0n) is 12.5. The minimum Gasteiger partial charge on any atom is -0.387 e. The molecule has 0 saturated heterocycles. The van der Waals surface area contributed by atoms with E-state index >= 15 is 0 Å². The number of hydrogen-bond acceptors (Lipinski definition) is 3. The van der Waals surface area contributed by atoms with Gasteiger partial charge in [0.1, 0.15) is 0 Å². The highest BCUT2D eigenvalue weighted by atomic mass is 19.4. The number of ether oxygens (including phenoxy) is 1. The summed E-state index contributed by atoms with van der Waals surface area (Å²) in [5, 5.41) is 13.0. The number of benzene rings is 1. The van der Waals surface area contributed by atoms with E-state index in [4.69, 9.17) is 4.74 Å². The molecule has 1 rings (SSSR count). The van der Waals surface area contributed by atoms with E-state index in [1.807, 2.05) is 20.8 Å². The molecular formula is C15H22F3NO2. The second-order valence-electron chi connectivity index (χ2n) is 5.46. The molecule has 0 aliphatic carbocycles. The Bertz CT molecular complexity index is 430. The Balaban J connectivity index is 2.51. The lowest BCUT2D eigenvalue weighted by atomic mass is 10.1. The number of rotatable bonds is 7. The molecule has 0 fully saturated rings. The fraction of sp³-hybridized carbons (Fsp3) is 0.600. The van der Waals surface area contributed by atoms with Crippen molar-refractivity contribution in [1.29, 1.82) is 0 Å². The van der Waals surface area contributed by atoms with E-state index in [1.165, 1.54) is 12.1 Å². The van der Waals surface area contributed by atoms with Gasteiger partial charge in [0.05, 0.1) is 17.3 Å². The van der Waals surface area contributed by atoms with Gasteiger partial charge in [-0.2, -0.15) is 13.2 Å². The Morgan fingerprint density at radius 2 is 1.76 bits per heavy atom. The quantitative estimate of drug-likeness (QED) is 0.813. The number of aliphatic hydroxyl groups is 1. The summed E-state index contributed by atoms with van der Waals surface area (Å²) in [5.74, 6) is 0. The van der Waals surface area contributed by atoms with Crippen LogP contribution in [0.3, 0.4) is 0 Å². The molecule has 0 bridgehead atoms. The minimum absolute atomic E-state index is 0.252. The molecule has 3 nitrogen and oxygen atoms in total. The fourth-order valence-electron chi connectivity index (χ4n) is 1.96. The molecule has 1 unspecified atom stereocenters. The Kier molecular flexibility index (Phi) is 6.19. The van der Waals surface area contributed by atoms with Gasteiger partial charge in [-0.05, 0) is 38.5 Å². The molecule has 0 heterocycles. The molecule has 0 saturated carbocycles. The average Bonchev–Trinajstić information content (AvgIpc) is 2.37. The second kappa shape index (κ2) is 7.24. The van der Waals surface area contributed by atoms with Crippen LogP contribution in [0, 0.1) is 0 Å². The molecule has 120 valence electrons. The molecule has 0 aliphatic heterocycles. The van der Waals surface area contributed by atoms with Crippen molar-refractivity contribution in [3.8, 4) is 0 Å². The molecule has 0 amide bonds. The van der Waals surface area contributed by atoms with E-state index in [9.17, 15) is 18.3 Å². The lowest BCUT2D eigenvalue weighted by Crippen LogP contribution is -2.39. The first-order chi connectivity index (χ1) is 9.65. The van der Waals surface area contributed by atoms with Crippen molar-refractivity contribution in [1.82, 2.24) is 5.32 Å². The van der Waals surface area contributed by atoms with Crippen LogP contribution >= 0.6 is 0 Å². The highest BCUT2D eigenvalue weighted by molar-refractivity contribution is 5.26. The van der Waals surface area contributed by atoms with Gasteiger partial charge in [-0.3, -0.25) is 0 Å². The standard InChI is InChI=1S/C15H22F3NO2/c1-4-21-14(2,3)10-19-9-13(20)11-5-7-12(8-6-11)15(16,17)18/h5-8,13,19-20H,4,9-10H2,1-3H3. The van der Waals surface area contributed by atoms with Gasteiger partial charge >= 0.3 is 6.18 Å². The Labute approximate surface area is 123 Å². The average molecular weight is 305 g/mol. The first-order valence-electron chi connectivity index (χ1n) is 6.85. The fourth-order valence-corrected chi connectivity index (χ4v) is 1.96. The van der Waals surface area contributed by atoms with Gasteiger partial charge in [0, 0.05) is 19.7 Å². The lowest BCUT2D eigenvalue weighted by molar-refractivity contribution is -0.137. The molecule has 1 aromatic rings. The molecule has 0 aliphatic rings. The first-order valence-corrected chi connectivity index (χ1v) is 6.85. The van der Waals surface area contributed by atoms with E-state index < -0.39 is 17.8 Å². The van der Waals surface area contributed by atoms with E-state index in [1.54, 1.807) is 0 Å². The SMILES string of the molecule is CCOC(C)(C)CNCC(O)c1ccc(C(F)(F)F)cc1. The Hall–Kier alpha value is -1.11. The van der Waals surface area contributed by atoms with Crippen molar-refractivity contribution >= 4 is 0 Å². The summed E-state index contributed by atoms with van der Waals surface area (Å²) >= 11 is 0. The van der Waals surface area contributed by atoms with Gasteiger partial charge in [0.2, 0.25) is 0 Å². The Morgan fingerprint density at radius 1 is 1.19 bits per heavy atom. The Morgan fingerprint density at radius 3 is 2.24 bits per heavy atom. The summed E-state index contributed by atoms with van der Waals surface area (Å²) in [6.07, 6.45) is -5.21. The molecule has 6 heteroatoms. The lowest BCUT2D eigenvalue weighted by Gasteiger charge is -2.25. The highest BCUT2D eigenvalue weighted by Gasteiger charge is 2.30. The van der Waals surface area contributed by atoms with Crippen molar-refractivity contribution in [3.63, 3.8) is 0 Å². The van der Waals surface area contributed by atoms with E-state index in [2.05, 4.69) is 5.32 Å². The van der Waals surface area contributed by atoms with Crippen LogP contribution in [-0.4, -0.2) is 30.4 Å². The van der Waals surface area contributed by atoms with Gasteiger partial charge in [-0.1, -0.05) is 12.1 Å². The van der Waals surface area contributed by atoms with E-state index in [0.29, 0.717) is 18.7 Å². The maximum atomic E-state index is 12.4.